The maximum absolute atomic E-state index is 7.50. The molecule has 0 aliphatic rings. The van der Waals surface area contributed by atoms with E-state index < -0.39 is 0 Å². The number of imidazole rings is 1. The molecule has 0 saturated heterocycles. The second-order valence-electron chi connectivity index (χ2n) is 12.9. The Balaban J connectivity index is 0.00000116. The smallest absolute Gasteiger partial charge is 0.333 e. The van der Waals surface area contributed by atoms with Crippen LogP contribution >= 0.6 is 0 Å². The number of aromatic nitrogens is 2. The molecule has 1 aromatic heterocycles. The molecule has 0 bridgehead atoms. The number of rotatable bonds is 11. The second kappa shape index (κ2) is 21.1. The first kappa shape index (κ1) is 41.1. The van der Waals surface area contributed by atoms with Gasteiger partial charge in [0, 0.05) is 17.4 Å². The summed E-state index contributed by atoms with van der Waals surface area (Å²) in [7, 11) is 0. The number of hydrogen-bond acceptors (Lipinski definition) is 1. The Hall–Kier alpha value is -6.12. The SMILES string of the molecule is [C-]#[O+].[C-]#[O+].[Ir+3].[c-]1cccc(CCc2cc(CCc3c[c-]ccc3)cc(-c3ccccc3-c3cnc(-c4[c-]cccc4)n3-c3ccc(-c4ccccc4)cc3)c2)c1. The van der Waals surface area contributed by atoms with E-state index >= 15 is 0 Å². The van der Waals surface area contributed by atoms with Crippen molar-refractivity contribution < 1.29 is 29.4 Å². The van der Waals surface area contributed by atoms with Crippen LogP contribution in [0.5, 0.6) is 0 Å². The fourth-order valence-electron chi connectivity index (χ4n) is 6.87. The van der Waals surface area contributed by atoms with Gasteiger partial charge in [0.2, 0.25) is 0 Å². The van der Waals surface area contributed by atoms with Crippen molar-refractivity contribution in [2.75, 3.05) is 0 Å². The van der Waals surface area contributed by atoms with Gasteiger partial charge in [-0.05, 0) is 58.4 Å². The van der Waals surface area contributed by atoms with Crippen LogP contribution < -0.4 is 0 Å². The van der Waals surface area contributed by atoms with Crippen molar-refractivity contribution in [3.05, 3.63) is 230 Å². The van der Waals surface area contributed by atoms with Crippen molar-refractivity contribution >= 4 is 0 Å². The van der Waals surface area contributed by atoms with E-state index in [9.17, 15) is 0 Å². The normalized spacial score (nSPS) is 10.1. The van der Waals surface area contributed by atoms with Crippen LogP contribution in [0.4, 0.5) is 0 Å². The first-order valence-electron chi connectivity index (χ1n) is 18.0. The Morgan fingerprint density at radius 3 is 1.62 bits per heavy atom. The summed E-state index contributed by atoms with van der Waals surface area (Å²) in [6.45, 7) is 9.00. The van der Waals surface area contributed by atoms with Gasteiger partial charge in [-0.25, -0.2) is 0 Å². The molecule has 0 fully saturated rings. The molecular weight excluding hydrogens is 865 g/mol. The van der Waals surface area contributed by atoms with E-state index in [4.69, 9.17) is 14.3 Å². The van der Waals surface area contributed by atoms with E-state index in [0.717, 1.165) is 54.0 Å². The quantitative estimate of drug-likeness (QED) is 0.0942. The van der Waals surface area contributed by atoms with Crippen LogP contribution in [0, 0.1) is 31.5 Å². The Labute approximate surface area is 343 Å². The molecule has 1 heterocycles. The summed E-state index contributed by atoms with van der Waals surface area (Å²) in [5, 5.41) is 0. The fraction of sp³-hybridized carbons (Fsp3) is 0.0784. The summed E-state index contributed by atoms with van der Waals surface area (Å²) in [4.78, 5) is 5.04. The third-order valence-corrected chi connectivity index (χ3v) is 9.46. The predicted octanol–water partition coefficient (Wildman–Crippen LogP) is 11.4. The largest absolute Gasteiger partial charge is 3.00 e. The Kier molecular flexibility index (Phi) is 15.5. The van der Waals surface area contributed by atoms with Crippen molar-refractivity contribution in [2.24, 2.45) is 0 Å². The van der Waals surface area contributed by atoms with Gasteiger partial charge in [-0.15, -0.1) is 35.9 Å². The van der Waals surface area contributed by atoms with E-state index in [0.29, 0.717) is 0 Å². The number of hydrogen-bond donors (Lipinski definition) is 0. The topological polar surface area (TPSA) is 57.6 Å². The molecule has 0 aliphatic carbocycles. The van der Waals surface area contributed by atoms with Gasteiger partial charge in [-0.3, -0.25) is 4.98 Å². The number of benzene rings is 7. The van der Waals surface area contributed by atoms with Crippen molar-refractivity contribution in [3.63, 3.8) is 0 Å². The van der Waals surface area contributed by atoms with Gasteiger partial charge in [0.15, 0.2) is 0 Å². The third-order valence-electron chi connectivity index (χ3n) is 9.46. The van der Waals surface area contributed by atoms with Gasteiger partial charge in [0.05, 0.1) is 11.5 Å². The minimum Gasteiger partial charge on any atom is -0.333 e. The molecule has 8 aromatic rings. The minimum atomic E-state index is 0. The first-order chi connectivity index (χ1) is 27.3. The van der Waals surface area contributed by atoms with E-state index in [1.807, 2.05) is 36.5 Å². The van der Waals surface area contributed by atoms with E-state index in [1.165, 1.54) is 44.5 Å². The molecule has 0 spiro atoms. The molecule has 0 radical (unpaired) electrons. The van der Waals surface area contributed by atoms with Gasteiger partial charge in [-0.2, -0.15) is 71.8 Å². The molecule has 0 saturated carbocycles. The van der Waals surface area contributed by atoms with Gasteiger partial charge in [-0.1, -0.05) is 97.8 Å². The molecule has 8 rings (SSSR count). The number of aryl methyl sites for hydroxylation is 4. The van der Waals surface area contributed by atoms with Crippen LogP contribution in [0.25, 0.3) is 50.6 Å². The molecule has 7 aromatic carbocycles. The van der Waals surface area contributed by atoms with Gasteiger partial charge >= 0.3 is 42.7 Å². The van der Waals surface area contributed by atoms with Gasteiger partial charge in [0.1, 0.15) is 0 Å². The zero-order valence-electron chi connectivity index (χ0n) is 30.6. The maximum Gasteiger partial charge on any atom is 3.00 e. The molecule has 4 nitrogen and oxygen atoms in total. The summed E-state index contributed by atoms with van der Waals surface area (Å²) >= 11 is 0. The Bertz CT molecular complexity index is 2370. The monoisotopic (exact) mass is 902 g/mol. The van der Waals surface area contributed by atoms with Crippen LogP contribution in [-0.4, -0.2) is 9.55 Å². The van der Waals surface area contributed by atoms with Crippen LogP contribution in [-0.2, 0) is 55.1 Å². The van der Waals surface area contributed by atoms with Crippen molar-refractivity contribution in [1.82, 2.24) is 9.55 Å². The van der Waals surface area contributed by atoms with Gasteiger partial charge < -0.3 is 4.57 Å². The summed E-state index contributed by atoms with van der Waals surface area (Å²) in [6.07, 6.45) is 5.87. The standard InChI is InChI=1S/C49H37N2.2CO.Ir/c1-5-15-37(16-6-1)25-27-39-33-40(28-26-38-17-7-2-8-18-38)35-44(34-39)46-23-13-14-24-47(46)48-36-50-49(43-21-11-4-12-22-43)51(48)45-31-29-42(30-32-45)41-19-9-3-10-20-41;2*1-2;/h1-5,7,9-21,23-24,29-36H,25-28H2;;;/q-3;;;+3. The van der Waals surface area contributed by atoms with Gasteiger partial charge in [0.25, 0.3) is 0 Å². The van der Waals surface area contributed by atoms with E-state index in [1.54, 1.807) is 0 Å². The summed E-state index contributed by atoms with van der Waals surface area (Å²) < 4.78 is 17.3. The summed E-state index contributed by atoms with van der Waals surface area (Å²) in [5.41, 5.74) is 14.2. The Morgan fingerprint density at radius 2 is 1.05 bits per heavy atom. The van der Waals surface area contributed by atoms with Crippen LogP contribution in [0.3, 0.4) is 0 Å². The molecule has 5 heteroatoms. The molecule has 0 unspecified atom stereocenters. The molecule has 56 heavy (non-hydrogen) atoms. The third kappa shape index (κ3) is 10.1. The van der Waals surface area contributed by atoms with Crippen LogP contribution in [0.2, 0.25) is 0 Å². The second-order valence-corrected chi connectivity index (χ2v) is 12.9. The maximum atomic E-state index is 7.50. The fourth-order valence-corrected chi connectivity index (χ4v) is 6.87. The Morgan fingerprint density at radius 1 is 0.500 bits per heavy atom. The molecular formula is C51H37IrN2O2. The van der Waals surface area contributed by atoms with E-state index in [2.05, 4.69) is 176 Å². The summed E-state index contributed by atoms with van der Waals surface area (Å²) in [6, 6.07) is 69.9. The van der Waals surface area contributed by atoms with Crippen molar-refractivity contribution in [3.8, 4) is 50.6 Å². The van der Waals surface area contributed by atoms with Crippen molar-refractivity contribution in [2.45, 2.75) is 25.7 Å². The molecule has 0 atom stereocenters. The molecule has 0 amide bonds. The number of nitrogens with zero attached hydrogens (tertiary/aromatic N) is 2. The molecule has 0 N–H and O–H groups in total. The first-order valence-corrected chi connectivity index (χ1v) is 18.0. The predicted molar refractivity (Wildman–Crippen MR) is 217 cm³/mol. The minimum absolute atomic E-state index is 0. The zero-order valence-corrected chi connectivity index (χ0v) is 33.0. The summed E-state index contributed by atoms with van der Waals surface area (Å²) in [5.74, 6) is 0.863. The molecule has 0 aliphatic heterocycles. The molecule has 272 valence electrons. The van der Waals surface area contributed by atoms with Crippen LogP contribution in [0.1, 0.15) is 22.3 Å². The van der Waals surface area contributed by atoms with Crippen LogP contribution in [0.15, 0.2) is 176 Å². The average molecular weight is 902 g/mol. The average Bonchev–Trinajstić information content (AvgIpc) is 3.73. The zero-order chi connectivity index (χ0) is 38.2. The van der Waals surface area contributed by atoms with E-state index in [-0.39, 0.29) is 20.1 Å². The van der Waals surface area contributed by atoms with Crippen molar-refractivity contribution in [1.29, 1.82) is 0 Å².